The Bertz CT molecular complexity index is 2190. The number of benzene rings is 4. The van der Waals surface area contributed by atoms with Crippen molar-refractivity contribution in [3.05, 3.63) is 104 Å². The van der Waals surface area contributed by atoms with Gasteiger partial charge in [0, 0.05) is 35.1 Å². The number of nitrogens with zero attached hydrogens (tertiary/aromatic N) is 4. The molecule has 0 spiro atoms. The van der Waals surface area contributed by atoms with Crippen LogP contribution in [0.1, 0.15) is 69.2 Å². The first kappa shape index (κ1) is 47.3. The van der Waals surface area contributed by atoms with Gasteiger partial charge in [-0.2, -0.15) is 0 Å². The van der Waals surface area contributed by atoms with Crippen molar-refractivity contribution >= 4 is 30.5 Å². The maximum atomic E-state index is 14.8. The van der Waals surface area contributed by atoms with E-state index < -0.39 is 42.4 Å². The summed E-state index contributed by atoms with van der Waals surface area (Å²) in [4.78, 5) is 46.3. The van der Waals surface area contributed by atoms with E-state index in [0.29, 0.717) is 82.8 Å². The van der Waals surface area contributed by atoms with Crippen LogP contribution in [0.4, 0.5) is 0 Å². The number of Topliss-reactive ketones (excluding diaryl/α,β-unsaturated/α-hetero) is 1. The molecule has 0 bridgehead atoms. The summed E-state index contributed by atoms with van der Waals surface area (Å²) in [5.41, 5.74) is 23.4. The third-order valence-electron chi connectivity index (χ3n) is 10.4. The van der Waals surface area contributed by atoms with Crippen molar-refractivity contribution in [1.29, 1.82) is 0 Å². The Hall–Kier alpha value is -7.35. The molecule has 62 heavy (non-hydrogen) atoms. The van der Waals surface area contributed by atoms with E-state index in [1.54, 1.807) is 48.5 Å². The van der Waals surface area contributed by atoms with Gasteiger partial charge in [-0.05, 0) is 36.1 Å². The minimum absolute atomic E-state index is 0.355. The van der Waals surface area contributed by atoms with Crippen molar-refractivity contribution < 1.29 is 71.3 Å². The number of carbonyl (C=O) groups is 3. The quantitative estimate of drug-likeness (QED) is 0.0276. The fourth-order valence-corrected chi connectivity index (χ4v) is 7.48. The van der Waals surface area contributed by atoms with Gasteiger partial charge in [-0.3, -0.25) is 14.4 Å². The molecule has 0 heterocycles. The minimum atomic E-state index is -1.16. The fraction of sp³-hybridized carbons (Fsp3) is 0.356. The topological polar surface area (TPSA) is 216 Å². The van der Waals surface area contributed by atoms with E-state index in [-0.39, 0.29) is 0 Å². The van der Waals surface area contributed by atoms with E-state index in [4.69, 9.17) is 58.4 Å². The van der Waals surface area contributed by atoms with Crippen molar-refractivity contribution in [3.8, 4) is 46.0 Å². The third kappa shape index (κ3) is 10.3. The predicted octanol–water partition coefficient (Wildman–Crippen LogP) is 6.37. The van der Waals surface area contributed by atoms with Gasteiger partial charge in [0.05, 0.1) is 81.6 Å². The van der Waals surface area contributed by atoms with Gasteiger partial charge in [0.15, 0.2) is 23.0 Å². The van der Waals surface area contributed by atoms with Gasteiger partial charge in [-0.25, -0.2) is 0 Å². The molecule has 2 unspecified atom stereocenters. The summed E-state index contributed by atoms with van der Waals surface area (Å²) in [5, 5.41) is 0. The Labute approximate surface area is 359 Å². The molecule has 0 fully saturated rings. The van der Waals surface area contributed by atoms with Crippen LogP contribution in [0.2, 0.25) is 0 Å². The van der Waals surface area contributed by atoms with Gasteiger partial charge < -0.3 is 58.4 Å². The largest absolute Gasteiger partial charge is 0.492 e. The lowest BCUT2D eigenvalue weighted by atomic mass is 9.80. The van der Waals surface area contributed by atoms with Crippen LogP contribution >= 0.6 is 0 Å². The monoisotopic (exact) mass is 854 g/mol. The van der Waals surface area contributed by atoms with Crippen molar-refractivity contribution in [2.75, 3.05) is 56.9 Å². The zero-order valence-corrected chi connectivity index (χ0v) is 36.4. The van der Waals surface area contributed by atoms with Crippen LogP contribution in [-0.2, 0) is 36.7 Å². The van der Waals surface area contributed by atoms with Crippen molar-refractivity contribution in [2.24, 2.45) is 0 Å². The number of esters is 2. The molecule has 0 aromatic heterocycles. The number of ketones is 1. The Kier molecular flexibility index (Phi) is 17.0. The number of methoxy groups -OCH3 is 8. The molecule has 0 radical (unpaired) electrons. The number of hydrogen-bond acceptors (Lipinski definition) is 13. The summed E-state index contributed by atoms with van der Waals surface area (Å²) >= 11 is 0. The Morgan fingerprint density at radius 1 is 0.484 bits per heavy atom. The maximum Gasteiger partial charge on any atom is 0.446 e. The highest BCUT2D eigenvalue weighted by atomic mass is 16.6. The van der Waals surface area contributed by atoms with Gasteiger partial charge in [0.1, 0.15) is 5.78 Å². The van der Waals surface area contributed by atoms with Crippen LogP contribution in [-0.4, -0.2) is 97.0 Å². The van der Waals surface area contributed by atoms with Crippen molar-refractivity contribution in [3.63, 3.8) is 0 Å². The van der Waals surface area contributed by atoms with Crippen molar-refractivity contribution in [1.82, 2.24) is 0 Å². The van der Waals surface area contributed by atoms with Crippen LogP contribution in [0, 0.1) is 13.8 Å². The van der Waals surface area contributed by atoms with E-state index in [0.717, 1.165) is 33.4 Å². The molecule has 17 nitrogen and oxygen atoms in total. The molecular formula is C45H50N4O13. The molecule has 2 atom stereocenters. The molecule has 0 N–H and O–H groups in total. The van der Waals surface area contributed by atoms with Gasteiger partial charge in [0.2, 0.25) is 23.0 Å². The fourth-order valence-electron chi connectivity index (χ4n) is 7.48. The number of hydrogen-bond donors (Lipinski definition) is 0. The van der Waals surface area contributed by atoms with E-state index >= 15 is 0 Å². The highest BCUT2D eigenvalue weighted by molar-refractivity contribution is 5.97. The molecule has 0 aliphatic heterocycles. The number of carbonyl (C=O) groups excluding carboxylic acids is 3. The van der Waals surface area contributed by atoms with Crippen LogP contribution in [0.25, 0.3) is 11.1 Å². The van der Waals surface area contributed by atoms with E-state index in [2.05, 4.69) is 9.58 Å². The number of ether oxygens (including phenoxy) is 10. The normalized spacial score (nSPS) is 11.4. The molecule has 0 amide bonds. The summed E-state index contributed by atoms with van der Waals surface area (Å²) in [5.74, 6) is -1.23. The molecule has 17 heteroatoms. The van der Waals surface area contributed by atoms with Crippen LogP contribution in [0.3, 0.4) is 0 Å². The zero-order chi connectivity index (χ0) is 45.5. The highest BCUT2D eigenvalue weighted by Gasteiger charge is 2.34. The molecular weight excluding hydrogens is 805 g/mol. The van der Waals surface area contributed by atoms with Gasteiger partial charge in [0.25, 0.3) is 0 Å². The van der Waals surface area contributed by atoms with Gasteiger partial charge >= 0.3 is 24.7 Å². The summed E-state index contributed by atoms with van der Waals surface area (Å²) in [6.45, 7) is 3.75. The average molecular weight is 855 g/mol. The van der Waals surface area contributed by atoms with Crippen LogP contribution in [0.5, 0.6) is 46.0 Å². The molecule has 0 saturated heterocycles. The SMILES string of the molecule is COc1c(C)c(Cc2ccc(C(CC(=O)OC=[N+]=[N-])C(=O)C(CC(=O)OC=[N+]=[N-])c3ccc(Cc4c(C)c(OC)c(OC)c(OC)c4OC)cc3)cc2)c(OC)c(OC)c1OC. The molecule has 0 aliphatic carbocycles. The van der Waals surface area contributed by atoms with Crippen LogP contribution < -0.4 is 37.9 Å². The molecule has 4 rings (SSSR count). The zero-order valence-electron chi connectivity index (χ0n) is 36.4. The summed E-state index contributed by atoms with van der Waals surface area (Å²) in [6.07, 6.45) is 0.847. The first-order valence-corrected chi connectivity index (χ1v) is 19.0. The second kappa shape index (κ2) is 22.3. The second-order valence-corrected chi connectivity index (χ2v) is 13.6. The van der Waals surface area contributed by atoms with Crippen LogP contribution in [0.15, 0.2) is 48.5 Å². The molecule has 0 saturated carbocycles. The molecule has 4 aromatic carbocycles. The Balaban J connectivity index is 1.78. The highest BCUT2D eigenvalue weighted by Crippen LogP contribution is 2.51. The van der Waals surface area contributed by atoms with Gasteiger partial charge in [-0.15, -0.1) is 9.58 Å². The first-order valence-electron chi connectivity index (χ1n) is 19.0. The number of rotatable bonds is 22. The molecule has 0 aliphatic rings. The van der Waals surface area contributed by atoms with E-state index in [9.17, 15) is 14.4 Å². The lowest BCUT2D eigenvalue weighted by Crippen LogP contribution is -2.26. The predicted molar refractivity (Wildman–Crippen MR) is 225 cm³/mol. The molecule has 328 valence electrons. The van der Waals surface area contributed by atoms with Gasteiger partial charge in [-0.1, -0.05) is 48.5 Å². The third-order valence-corrected chi connectivity index (χ3v) is 10.4. The second-order valence-electron chi connectivity index (χ2n) is 13.6. The average Bonchev–Trinajstić information content (AvgIpc) is 3.29. The Morgan fingerprint density at radius 3 is 1.05 bits per heavy atom. The first-order chi connectivity index (χ1) is 29.9. The minimum Gasteiger partial charge on any atom is -0.492 e. The maximum absolute atomic E-state index is 14.8. The smallest absolute Gasteiger partial charge is 0.446 e. The summed E-state index contributed by atoms with van der Waals surface area (Å²) < 4.78 is 55.2. The standard InChI is InChI=1S/C45H50N4O13/c1-25-31(40(55-5)44(59-9)42(57-7)38(25)53-3)19-27-11-15-29(16-12-27)33(21-35(50)61-23-48-46)37(52)34(22-36(51)62-24-49-47)30-17-13-28(14-18-30)20-32-26(2)39(54-4)43(58-8)45(60-10)41(32)56-6/h11-18,23-24,33-34H,19-22H2,1-10H3. The van der Waals surface area contributed by atoms with E-state index in [1.807, 2.05) is 13.8 Å². The van der Waals surface area contributed by atoms with E-state index in [1.165, 1.54) is 56.9 Å². The Morgan fingerprint density at radius 2 is 0.774 bits per heavy atom. The lowest BCUT2D eigenvalue weighted by molar-refractivity contribution is -0.142. The lowest BCUT2D eigenvalue weighted by Gasteiger charge is -2.23. The summed E-state index contributed by atoms with van der Waals surface area (Å²) in [7, 11) is 12.1. The molecule has 4 aromatic rings. The van der Waals surface area contributed by atoms with Crippen molar-refractivity contribution in [2.45, 2.75) is 51.4 Å². The summed E-state index contributed by atoms with van der Waals surface area (Å²) in [6, 6.07) is 14.0.